The first-order chi connectivity index (χ1) is 9.54. The molecule has 4 heteroatoms. The lowest BCUT2D eigenvalue weighted by Crippen LogP contribution is -2.11. The van der Waals surface area contributed by atoms with Crippen LogP contribution in [0.4, 0.5) is 0 Å². The zero-order valence-corrected chi connectivity index (χ0v) is 12.5. The lowest BCUT2D eigenvalue weighted by molar-refractivity contribution is -0.146. The van der Waals surface area contributed by atoms with Crippen LogP contribution >= 0.6 is 23.2 Å². The molecule has 0 fully saturated rings. The zero-order valence-electron chi connectivity index (χ0n) is 11.0. The monoisotopic (exact) mass is 308 g/mol. The molecule has 0 saturated heterocycles. The molecule has 2 nitrogen and oxygen atoms in total. The van der Waals surface area contributed by atoms with Crippen molar-refractivity contribution in [2.24, 2.45) is 0 Å². The lowest BCUT2D eigenvalue weighted by atomic mass is 10.0. The smallest absolute Gasteiger partial charge is 0.303 e. The molecule has 0 spiro atoms. The van der Waals surface area contributed by atoms with E-state index in [0.717, 1.165) is 11.1 Å². The van der Waals surface area contributed by atoms with Crippen molar-refractivity contribution in [3.8, 4) is 0 Å². The molecule has 0 aliphatic heterocycles. The summed E-state index contributed by atoms with van der Waals surface area (Å²) in [6, 6.07) is 14.8. The number of carbonyl (C=O) groups is 1. The number of carbonyl (C=O) groups excluding carboxylic acids is 1. The maximum absolute atomic E-state index is 11.3. The molecule has 104 valence electrons. The maximum atomic E-state index is 11.3. The van der Waals surface area contributed by atoms with Crippen LogP contribution < -0.4 is 0 Å². The second kappa shape index (κ2) is 6.78. The molecule has 20 heavy (non-hydrogen) atoms. The molecular weight excluding hydrogens is 295 g/mol. The molecule has 1 atom stereocenters. The summed E-state index contributed by atoms with van der Waals surface area (Å²) in [6.45, 7) is 1.41. The van der Waals surface area contributed by atoms with Crippen molar-refractivity contribution in [2.75, 3.05) is 0 Å². The number of benzene rings is 2. The third kappa shape index (κ3) is 4.26. The van der Waals surface area contributed by atoms with Gasteiger partial charge in [0.2, 0.25) is 0 Å². The average molecular weight is 309 g/mol. The minimum atomic E-state index is -0.328. The first kappa shape index (κ1) is 14.9. The van der Waals surface area contributed by atoms with Gasteiger partial charge in [0.15, 0.2) is 0 Å². The Balaban J connectivity index is 2.21. The maximum Gasteiger partial charge on any atom is 0.303 e. The topological polar surface area (TPSA) is 26.3 Å². The first-order valence-corrected chi connectivity index (χ1v) is 6.97. The largest absolute Gasteiger partial charge is 0.457 e. The number of ether oxygens (including phenoxy) is 1. The van der Waals surface area contributed by atoms with Crippen LogP contribution in [0.3, 0.4) is 0 Å². The van der Waals surface area contributed by atoms with Crippen LogP contribution in [0.1, 0.15) is 24.2 Å². The van der Waals surface area contributed by atoms with E-state index in [1.165, 1.54) is 6.92 Å². The van der Waals surface area contributed by atoms with Crippen molar-refractivity contribution in [1.82, 2.24) is 0 Å². The molecule has 0 bridgehead atoms. The summed E-state index contributed by atoms with van der Waals surface area (Å²) >= 11 is 11.7. The number of rotatable bonds is 4. The van der Waals surface area contributed by atoms with E-state index in [-0.39, 0.29) is 12.1 Å². The summed E-state index contributed by atoms with van der Waals surface area (Å²) < 4.78 is 5.40. The van der Waals surface area contributed by atoms with E-state index in [4.69, 9.17) is 27.9 Å². The lowest BCUT2D eigenvalue weighted by Gasteiger charge is -2.17. The molecule has 0 aromatic heterocycles. The van der Waals surface area contributed by atoms with Crippen LogP contribution in [0.5, 0.6) is 0 Å². The number of halogens is 2. The SMILES string of the molecule is CC(=O)O[C@@H](Cc1ccc(Cl)cc1)c1ccc(Cl)cc1. The third-order valence-corrected chi connectivity index (χ3v) is 3.39. The molecule has 2 aromatic carbocycles. The van der Waals surface area contributed by atoms with Gasteiger partial charge in [-0.05, 0) is 35.4 Å². The van der Waals surface area contributed by atoms with E-state index in [0.29, 0.717) is 16.5 Å². The molecule has 0 saturated carbocycles. The Kier molecular flexibility index (Phi) is 5.05. The molecule has 0 aliphatic carbocycles. The molecule has 0 amide bonds. The minimum Gasteiger partial charge on any atom is -0.457 e. The third-order valence-electron chi connectivity index (χ3n) is 2.88. The minimum absolute atomic E-state index is 0.307. The van der Waals surface area contributed by atoms with Gasteiger partial charge in [-0.3, -0.25) is 4.79 Å². The van der Waals surface area contributed by atoms with E-state index in [2.05, 4.69) is 0 Å². The number of hydrogen-bond donors (Lipinski definition) is 0. The molecular formula is C16H14Cl2O2. The Bertz CT molecular complexity index is 576. The van der Waals surface area contributed by atoms with Crippen molar-refractivity contribution in [2.45, 2.75) is 19.4 Å². The number of esters is 1. The first-order valence-electron chi connectivity index (χ1n) is 6.22. The fourth-order valence-corrected chi connectivity index (χ4v) is 2.19. The molecule has 0 radical (unpaired) electrons. The highest BCUT2D eigenvalue weighted by Crippen LogP contribution is 2.24. The molecule has 0 heterocycles. The van der Waals surface area contributed by atoms with Gasteiger partial charge in [0.1, 0.15) is 6.10 Å². The van der Waals surface area contributed by atoms with Gasteiger partial charge in [0, 0.05) is 23.4 Å². The van der Waals surface area contributed by atoms with Gasteiger partial charge in [-0.15, -0.1) is 0 Å². The molecule has 2 rings (SSSR count). The second-order valence-corrected chi connectivity index (χ2v) is 5.35. The van der Waals surface area contributed by atoms with E-state index in [1.54, 1.807) is 12.1 Å². The Morgan fingerprint density at radius 1 is 1.00 bits per heavy atom. The summed E-state index contributed by atoms with van der Waals surface area (Å²) in [5.74, 6) is -0.307. The van der Waals surface area contributed by atoms with Crippen LogP contribution in [0.25, 0.3) is 0 Å². The molecule has 0 aliphatic rings. The Labute approximate surface area is 128 Å². The van der Waals surface area contributed by atoms with Gasteiger partial charge in [0.05, 0.1) is 0 Å². The van der Waals surface area contributed by atoms with E-state index >= 15 is 0 Å². The highest BCUT2D eigenvalue weighted by molar-refractivity contribution is 6.30. The van der Waals surface area contributed by atoms with Crippen LogP contribution in [0.15, 0.2) is 48.5 Å². The summed E-state index contributed by atoms with van der Waals surface area (Å²) in [5, 5.41) is 1.34. The van der Waals surface area contributed by atoms with Gasteiger partial charge < -0.3 is 4.74 Å². The highest BCUT2D eigenvalue weighted by Gasteiger charge is 2.15. The molecule has 0 unspecified atom stereocenters. The van der Waals surface area contributed by atoms with Crippen molar-refractivity contribution < 1.29 is 9.53 Å². The summed E-state index contributed by atoms with van der Waals surface area (Å²) in [7, 11) is 0. The Morgan fingerprint density at radius 3 is 2.00 bits per heavy atom. The van der Waals surface area contributed by atoms with Gasteiger partial charge in [-0.25, -0.2) is 0 Å². The second-order valence-electron chi connectivity index (χ2n) is 4.48. The molecule has 2 aromatic rings. The quantitative estimate of drug-likeness (QED) is 0.755. The predicted molar refractivity (Wildman–Crippen MR) is 81.1 cm³/mol. The number of hydrogen-bond acceptors (Lipinski definition) is 2. The predicted octanol–water partition coefficient (Wildman–Crippen LogP) is 4.84. The van der Waals surface area contributed by atoms with E-state index in [9.17, 15) is 4.79 Å². The van der Waals surface area contributed by atoms with Crippen molar-refractivity contribution in [1.29, 1.82) is 0 Å². The van der Waals surface area contributed by atoms with Gasteiger partial charge >= 0.3 is 5.97 Å². The van der Waals surface area contributed by atoms with E-state index < -0.39 is 0 Å². The normalized spacial score (nSPS) is 11.9. The molecule has 0 N–H and O–H groups in total. The van der Waals surface area contributed by atoms with Crippen LogP contribution in [-0.2, 0) is 16.0 Å². The Hall–Kier alpha value is -1.51. The Morgan fingerprint density at radius 2 is 1.50 bits per heavy atom. The highest BCUT2D eigenvalue weighted by atomic mass is 35.5. The van der Waals surface area contributed by atoms with Gasteiger partial charge in [-0.1, -0.05) is 47.5 Å². The van der Waals surface area contributed by atoms with Crippen LogP contribution in [0, 0.1) is 0 Å². The van der Waals surface area contributed by atoms with Gasteiger partial charge in [-0.2, -0.15) is 0 Å². The summed E-state index contributed by atoms with van der Waals surface area (Å²) in [4.78, 5) is 11.3. The van der Waals surface area contributed by atoms with Crippen molar-refractivity contribution in [3.63, 3.8) is 0 Å². The summed E-state index contributed by atoms with van der Waals surface area (Å²) in [5.41, 5.74) is 1.97. The van der Waals surface area contributed by atoms with Crippen molar-refractivity contribution >= 4 is 29.2 Å². The summed E-state index contributed by atoms with van der Waals surface area (Å²) in [6.07, 6.45) is 0.268. The standard InChI is InChI=1S/C16H14Cl2O2/c1-11(19)20-16(13-4-8-15(18)9-5-13)10-12-2-6-14(17)7-3-12/h2-9,16H,10H2,1H3/t16-/m0/s1. The van der Waals surface area contributed by atoms with Gasteiger partial charge in [0.25, 0.3) is 0 Å². The van der Waals surface area contributed by atoms with Crippen molar-refractivity contribution in [3.05, 3.63) is 69.7 Å². The zero-order chi connectivity index (χ0) is 14.5. The average Bonchev–Trinajstić information content (AvgIpc) is 2.41. The van der Waals surface area contributed by atoms with Crippen LogP contribution in [-0.4, -0.2) is 5.97 Å². The van der Waals surface area contributed by atoms with E-state index in [1.807, 2.05) is 36.4 Å². The fraction of sp³-hybridized carbons (Fsp3) is 0.188. The van der Waals surface area contributed by atoms with Crippen LogP contribution in [0.2, 0.25) is 10.0 Å². The fourth-order valence-electron chi connectivity index (χ4n) is 1.94.